The predicted octanol–water partition coefficient (Wildman–Crippen LogP) is 3.90. The standard InChI is InChI=1S/C24H33NO7S/c1-14-6-7-18-15(2)21(28-20(27)9-8-19(26)25-13-16-5-4-12-33-16)29-22-24(18)17(14)10-11-23(3,30-22)31-32-24/h4-5,12,14-15,17-18,21-22H,6-11,13H2,1-3H3,(H,25,26)/t14-,15+,17-,18+,21+,22-,23+,24-/m0/s1. The molecule has 182 valence electrons. The van der Waals surface area contributed by atoms with Gasteiger partial charge >= 0.3 is 5.97 Å². The Morgan fingerprint density at radius 2 is 2.03 bits per heavy atom. The van der Waals surface area contributed by atoms with Crippen LogP contribution in [0.25, 0.3) is 0 Å². The SMILES string of the molecule is C[C@H]1[C@H](OC(=O)CCC(=O)NCc2cccs2)O[C@H]2O[C@@]3(C)CC[C@H]4[C@@H](C)CC[C@H]1[C@]24OO3. The topological polar surface area (TPSA) is 92.3 Å². The summed E-state index contributed by atoms with van der Waals surface area (Å²) in [6, 6.07) is 3.90. The number of amides is 1. The van der Waals surface area contributed by atoms with Crippen LogP contribution < -0.4 is 5.32 Å². The molecule has 2 bridgehead atoms. The lowest BCUT2D eigenvalue weighted by molar-refractivity contribution is -0.576. The zero-order valence-electron chi connectivity index (χ0n) is 19.4. The summed E-state index contributed by atoms with van der Waals surface area (Å²) in [4.78, 5) is 37.7. The van der Waals surface area contributed by atoms with Gasteiger partial charge in [-0.1, -0.05) is 19.9 Å². The molecule has 4 saturated heterocycles. The molecule has 1 amide bonds. The number of carbonyl (C=O) groups is 2. The van der Waals surface area contributed by atoms with E-state index in [1.165, 1.54) is 0 Å². The third kappa shape index (κ3) is 4.23. The Balaban J connectivity index is 1.22. The summed E-state index contributed by atoms with van der Waals surface area (Å²) in [5, 5.41) is 4.80. The lowest BCUT2D eigenvalue weighted by Gasteiger charge is -2.59. The monoisotopic (exact) mass is 479 g/mol. The van der Waals surface area contributed by atoms with E-state index < -0.39 is 29.9 Å². The van der Waals surface area contributed by atoms with Crippen LogP contribution in [0, 0.1) is 23.7 Å². The molecule has 33 heavy (non-hydrogen) atoms. The number of hydrogen-bond acceptors (Lipinski definition) is 8. The second-order valence-corrected chi connectivity index (χ2v) is 11.2. The number of thiophene rings is 1. The predicted molar refractivity (Wildman–Crippen MR) is 118 cm³/mol. The molecule has 0 aromatic carbocycles. The number of hydrogen-bond donors (Lipinski definition) is 1. The van der Waals surface area contributed by atoms with Crippen LogP contribution in [0.1, 0.15) is 64.2 Å². The van der Waals surface area contributed by atoms with Crippen LogP contribution in [-0.2, 0) is 40.1 Å². The maximum atomic E-state index is 12.6. The van der Waals surface area contributed by atoms with Gasteiger partial charge in [0.2, 0.25) is 18.0 Å². The normalized spacial score (nSPS) is 41.7. The molecule has 1 N–H and O–H groups in total. The van der Waals surface area contributed by atoms with Gasteiger partial charge in [0.05, 0.1) is 13.0 Å². The van der Waals surface area contributed by atoms with Crippen LogP contribution in [0.2, 0.25) is 0 Å². The number of carbonyl (C=O) groups excluding carboxylic acids is 2. The molecule has 1 aliphatic carbocycles. The zero-order chi connectivity index (χ0) is 23.2. The van der Waals surface area contributed by atoms with Gasteiger partial charge in [-0.15, -0.1) is 11.3 Å². The summed E-state index contributed by atoms with van der Waals surface area (Å²) in [5.74, 6) is -0.751. The van der Waals surface area contributed by atoms with E-state index in [1.54, 1.807) is 11.3 Å². The highest BCUT2D eigenvalue weighted by molar-refractivity contribution is 7.09. The highest BCUT2D eigenvalue weighted by atomic mass is 32.1. The Bertz CT molecular complexity index is 878. The maximum absolute atomic E-state index is 12.6. The minimum Gasteiger partial charge on any atom is -0.435 e. The van der Waals surface area contributed by atoms with Crippen LogP contribution in [0.3, 0.4) is 0 Å². The molecule has 0 radical (unpaired) electrons. The van der Waals surface area contributed by atoms with Gasteiger partial charge in [0.25, 0.3) is 0 Å². The minimum absolute atomic E-state index is 0.00116. The number of nitrogens with one attached hydrogen (secondary N) is 1. The van der Waals surface area contributed by atoms with Crippen LogP contribution in [0.4, 0.5) is 0 Å². The van der Waals surface area contributed by atoms with Crippen molar-refractivity contribution in [3.63, 3.8) is 0 Å². The summed E-state index contributed by atoms with van der Waals surface area (Å²) in [6.45, 7) is 6.64. The van der Waals surface area contributed by atoms with E-state index in [-0.39, 0.29) is 36.5 Å². The quantitative estimate of drug-likeness (QED) is 0.489. The number of rotatable bonds is 6. The van der Waals surface area contributed by atoms with Gasteiger partial charge in [-0.3, -0.25) is 9.59 Å². The smallest absolute Gasteiger partial charge is 0.308 e. The van der Waals surface area contributed by atoms with Gasteiger partial charge in [-0.2, -0.15) is 0 Å². The highest BCUT2D eigenvalue weighted by Gasteiger charge is 2.69. The fourth-order valence-corrected chi connectivity index (χ4v) is 6.74. The molecular weight excluding hydrogens is 446 g/mol. The first-order valence-electron chi connectivity index (χ1n) is 12.0. The van der Waals surface area contributed by atoms with Gasteiger partial charge in [0.1, 0.15) is 0 Å². The second kappa shape index (κ2) is 8.92. The number of esters is 1. The van der Waals surface area contributed by atoms with E-state index in [0.717, 1.165) is 30.6 Å². The van der Waals surface area contributed by atoms with Crippen LogP contribution >= 0.6 is 11.3 Å². The molecule has 5 fully saturated rings. The highest BCUT2D eigenvalue weighted by Crippen LogP contribution is 2.60. The molecule has 6 rings (SSSR count). The maximum Gasteiger partial charge on any atom is 0.308 e. The molecule has 1 spiro atoms. The molecule has 1 aromatic heterocycles. The van der Waals surface area contributed by atoms with E-state index in [1.807, 2.05) is 31.4 Å². The fraction of sp³-hybridized carbons (Fsp3) is 0.750. The fourth-order valence-electron chi connectivity index (χ4n) is 6.10. The second-order valence-electron chi connectivity index (χ2n) is 10.1. The van der Waals surface area contributed by atoms with Crippen LogP contribution in [0.5, 0.6) is 0 Å². The lowest BCUT2D eigenvalue weighted by atomic mass is 9.58. The Kier molecular flexibility index (Phi) is 6.28. The Labute approximate surface area is 198 Å². The van der Waals surface area contributed by atoms with Crippen molar-refractivity contribution in [2.24, 2.45) is 23.7 Å². The molecule has 9 heteroatoms. The number of fused-ring (bicyclic) bond motifs is 2. The van der Waals surface area contributed by atoms with E-state index in [4.69, 9.17) is 24.0 Å². The van der Waals surface area contributed by atoms with E-state index >= 15 is 0 Å². The molecule has 8 nitrogen and oxygen atoms in total. The molecule has 4 aliphatic heterocycles. The largest absolute Gasteiger partial charge is 0.435 e. The van der Waals surface area contributed by atoms with Gasteiger partial charge in [-0.05, 0) is 49.5 Å². The molecular formula is C24H33NO7S. The average Bonchev–Trinajstić information content (AvgIpc) is 3.21. The Hall–Kier alpha value is -1.52. The molecule has 1 aromatic rings. The summed E-state index contributed by atoms with van der Waals surface area (Å²) in [7, 11) is 0. The van der Waals surface area contributed by atoms with Crippen molar-refractivity contribution in [2.45, 2.75) is 89.8 Å². The summed E-state index contributed by atoms with van der Waals surface area (Å²) in [6.07, 6.45) is 2.38. The van der Waals surface area contributed by atoms with Gasteiger partial charge in [0, 0.05) is 29.6 Å². The van der Waals surface area contributed by atoms with E-state index in [9.17, 15) is 9.59 Å². The van der Waals surface area contributed by atoms with Crippen molar-refractivity contribution in [3.05, 3.63) is 22.4 Å². The van der Waals surface area contributed by atoms with E-state index in [2.05, 4.69) is 12.2 Å². The van der Waals surface area contributed by atoms with Crippen molar-refractivity contribution < 1.29 is 33.6 Å². The number of ether oxygens (including phenoxy) is 3. The lowest BCUT2D eigenvalue weighted by Crippen LogP contribution is -2.70. The summed E-state index contributed by atoms with van der Waals surface area (Å²) >= 11 is 1.58. The average molecular weight is 480 g/mol. The van der Waals surface area contributed by atoms with Gasteiger partial charge in [0.15, 0.2) is 11.9 Å². The first-order valence-corrected chi connectivity index (χ1v) is 12.9. The molecule has 5 heterocycles. The molecule has 5 aliphatic rings. The molecule has 0 unspecified atom stereocenters. The van der Waals surface area contributed by atoms with Crippen LogP contribution in [-0.4, -0.2) is 35.8 Å². The minimum atomic E-state index is -0.868. The molecule has 1 saturated carbocycles. The van der Waals surface area contributed by atoms with Gasteiger partial charge in [-0.25, -0.2) is 9.78 Å². The van der Waals surface area contributed by atoms with Crippen LogP contribution in [0.15, 0.2) is 17.5 Å². The van der Waals surface area contributed by atoms with Crippen molar-refractivity contribution in [1.29, 1.82) is 0 Å². The van der Waals surface area contributed by atoms with Crippen molar-refractivity contribution in [2.75, 3.05) is 0 Å². The Morgan fingerprint density at radius 1 is 1.18 bits per heavy atom. The van der Waals surface area contributed by atoms with Crippen molar-refractivity contribution in [3.8, 4) is 0 Å². The van der Waals surface area contributed by atoms with E-state index in [0.29, 0.717) is 12.5 Å². The van der Waals surface area contributed by atoms with Crippen molar-refractivity contribution >= 4 is 23.2 Å². The van der Waals surface area contributed by atoms with Crippen molar-refractivity contribution in [1.82, 2.24) is 5.32 Å². The van der Waals surface area contributed by atoms with Gasteiger partial charge < -0.3 is 19.5 Å². The first-order chi connectivity index (χ1) is 15.8. The Morgan fingerprint density at radius 3 is 2.82 bits per heavy atom. The molecule has 8 atom stereocenters. The first kappa shape index (κ1) is 23.2. The third-order valence-corrected chi connectivity index (χ3v) is 8.82. The summed E-state index contributed by atoms with van der Waals surface area (Å²) in [5.41, 5.74) is -0.683. The summed E-state index contributed by atoms with van der Waals surface area (Å²) < 4.78 is 18.3. The zero-order valence-corrected chi connectivity index (χ0v) is 20.2. The third-order valence-electron chi connectivity index (χ3n) is 7.94.